The van der Waals surface area contributed by atoms with Gasteiger partial charge in [-0.15, -0.1) is 0 Å². The molecule has 0 amide bonds. The zero-order valence-electron chi connectivity index (χ0n) is 13.2. The summed E-state index contributed by atoms with van der Waals surface area (Å²) in [5, 5.41) is 0. The molecule has 112 valence electrons. The van der Waals surface area contributed by atoms with Crippen LogP contribution < -0.4 is 10.6 Å². The van der Waals surface area contributed by atoms with Gasteiger partial charge in [0.2, 0.25) is 0 Å². The molecule has 1 saturated carbocycles. The number of pyridine rings is 1. The van der Waals surface area contributed by atoms with E-state index in [0.29, 0.717) is 12.0 Å². The Bertz CT molecular complexity index is 391. The van der Waals surface area contributed by atoms with Crippen molar-refractivity contribution in [3.63, 3.8) is 0 Å². The molecule has 20 heavy (non-hydrogen) atoms. The quantitative estimate of drug-likeness (QED) is 0.865. The monoisotopic (exact) mass is 275 g/mol. The summed E-state index contributed by atoms with van der Waals surface area (Å²) >= 11 is 0. The largest absolute Gasteiger partial charge is 0.353 e. The van der Waals surface area contributed by atoms with E-state index in [0.717, 1.165) is 18.8 Å². The molecule has 0 radical (unpaired) electrons. The number of anilines is 1. The first-order chi connectivity index (χ1) is 9.56. The molecular formula is C17H29N3. The molecule has 1 heterocycles. The molecule has 2 N–H and O–H groups in total. The summed E-state index contributed by atoms with van der Waals surface area (Å²) in [6.07, 6.45) is 8.26. The molecule has 1 fully saturated rings. The van der Waals surface area contributed by atoms with Gasteiger partial charge in [0.15, 0.2) is 0 Å². The third kappa shape index (κ3) is 4.20. The Labute approximate surface area is 123 Å². The van der Waals surface area contributed by atoms with Gasteiger partial charge >= 0.3 is 0 Å². The lowest BCUT2D eigenvalue weighted by atomic mass is 10.1. The first-order valence-electron chi connectivity index (χ1n) is 8.03. The van der Waals surface area contributed by atoms with E-state index < -0.39 is 0 Å². The SMILES string of the molecule is CC(C)CN(c1ccc(CC(C)N)cn1)C1CCCC1. The van der Waals surface area contributed by atoms with Gasteiger partial charge < -0.3 is 10.6 Å². The Morgan fingerprint density at radius 2 is 1.95 bits per heavy atom. The van der Waals surface area contributed by atoms with Crippen LogP contribution in [0.2, 0.25) is 0 Å². The van der Waals surface area contributed by atoms with Crippen molar-refractivity contribution in [3.8, 4) is 0 Å². The molecule has 2 rings (SSSR count). The number of nitrogens with two attached hydrogens (primary N) is 1. The summed E-state index contributed by atoms with van der Waals surface area (Å²) in [5.74, 6) is 1.81. The van der Waals surface area contributed by atoms with E-state index in [4.69, 9.17) is 10.7 Å². The Kier molecular flexibility index (Phi) is 5.41. The summed E-state index contributed by atoms with van der Waals surface area (Å²) in [7, 11) is 0. The fourth-order valence-corrected chi connectivity index (χ4v) is 3.12. The third-order valence-electron chi connectivity index (χ3n) is 3.99. The molecule has 0 spiro atoms. The van der Waals surface area contributed by atoms with Crippen LogP contribution >= 0.6 is 0 Å². The van der Waals surface area contributed by atoms with Gasteiger partial charge in [-0.1, -0.05) is 32.8 Å². The molecular weight excluding hydrogens is 246 g/mol. The Hall–Kier alpha value is -1.09. The molecule has 0 bridgehead atoms. The van der Waals surface area contributed by atoms with Gasteiger partial charge in [0.1, 0.15) is 5.82 Å². The molecule has 0 saturated heterocycles. The molecule has 1 unspecified atom stereocenters. The summed E-state index contributed by atoms with van der Waals surface area (Å²) in [4.78, 5) is 7.22. The minimum atomic E-state index is 0.198. The summed E-state index contributed by atoms with van der Waals surface area (Å²) in [5.41, 5.74) is 7.09. The van der Waals surface area contributed by atoms with E-state index in [9.17, 15) is 0 Å². The smallest absolute Gasteiger partial charge is 0.128 e. The lowest BCUT2D eigenvalue weighted by Crippen LogP contribution is -2.36. The average Bonchev–Trinajstić information content (AvgIpc) is 2.90. The molecule has 0 aromatic carbocycles. The van der Waals surface area contributed by atoms with E-state index in [2.05, 4.69) is 30.9 Å². The van der Waals surface area contributed by atoms with Crippen molar-refractivity contribution in [2.75, 3.05) is 11.4 Å². The zero-order valence-corrected chi connectivity index (χ0v) is 13.2. The van der Waals surface area contributed by atoms with Crippen molar-refractivity contribution >= 4 is 5.82 Å². The van der Waals surface area contributed by atoms with Crippen LogP contribution in [0.3, 0.4) is 0 Å². The molecule has 3 heteroatoms. The van der Waals surface area contributed by atoms with Crippen LogP contribution in [0, 0.1) is 5.92 Å². The highest BCUT2D eigenvalue weighted by Crippen LogP contribution is 2.28. The standard InChI is InChI=1S/C17H29N3/c1-13(2)12-20(16-6-4-5-7-16)17-9-8-15(11-19-17)10-14(3)18/h8-9,11,13-14,16H,4-7,10,12,18H2,1-3H3. The normalized spacial score (nSPS) is 17.6. The van der Waals surface area contributed by atoms with Gasteiger partial charge in [-0.25, -0.2) is 4.98 Å². The van der Waals surface area contributed by atoms with Crippen LogP contribution in [-0.2, 0) is 6.42 Å². The van der Waals surface area contributed by atoms with E-state index in [1.54, 1.807) is 0 Å². The molecule has 1 atom stereocenters. The second-order valence-corrected chi connectivity index (χ2v) is 6.69. The molecule has 1 aliphatic rings. The van der Waals surface area contributed by atoms with Gasteiger partial charge in [-0.2, -0.15) is 0 Å². The van der Waals surface area contributed by atoms with E-state index >= 15 is 0 Å². The molecule has 1 aliphatic carbocycles. The molecule has 1 aromatic rings. The predicted octanol–water partition coefficient (Wildman–Crippen LogP) is 3.38. The van der Waals surface area contributed by atoms with Crippen LogP contribution in [0.1, 0.15) is 52.0 Å². The summed E-state index contributed by atoms with van der Waals surface area (Å²) in [6, 6.07) is 5.25. The van der Waals surface area contributed by atoms with Crippen molar-refractivity contribution in [1.29, 1.82) is 0 Å². The maximum atomic E-state index is 5.85. The summed E-state index contributed by atoms with van der Waals surface area (Å²) < 4.78 is 0. The van der Waals surface area contributed by atoms with Gasteiger partial charge in [0.05, 0.1) is 0 Å². The number of aromatic nitrogens is 1. The van der Waals surface area contributed by atoms with Crippen LogP contribution in [0.15, 0.2) is 18.3 Å². The lowest BCUT2D eigenvalue weighted by molar-refractivity contribution is 0.531. The van der Waals surface area contributed by atoms with Gasteiger partial charge in [-0.3, -0.25) is 0 Å². The minimum Gasteiger partial charge on any atom is -0.353 e. The van der Waals surface area contributed by atoms with E-state index in [1.165, 1.54) is 31.2 Å². The van der Waals surface area contributed by atoms with E-state index in [1.807, 2.05) is 13.1 Å². The fraction of sp³-hybridized carbons (Fsp3) is 0.706. The maximum Gasteiger partial charge on any atom is 0.128 e. The fourth-order valence-electron chi connectivity index (χ4n) is 3.12. The van der Waals surface area contributed by atoms with Crippen LogP contribution in [0.5, 0.6) is 0 Å². The second kappa shape index (κ2) is 7.07. The minimum absolute atomic E-state index is 0.198. The summed E-state index contributed by atoms with van der Waals surface area (Å²) in [6.45, 7) is 7.71. The third-order valence-corrected chi connectivity index (χ3v) is 3.99. The Morgan fingerprint density at radius 1 is 1.25 bits per heavy atom. The zero-order chi connectivity index (χ0) is 14.5. The van der Waals surface area contributed by atoms with Crippen molar-refractivity contribution in [2.45, 2.75) is 65.0 Å². The molecule has 1 aromatic heterocycles. The number of rotatable bonds is 6. The van der Waals surface area contributed by atoms with Crippen LogP contribution in [-0.4, -0.2) is 23.6 Å². The first kappa shape index (κ1) is 15.3. The molecule has 3 nitrogen and oxygen atoms in total. The maximum absolute atomic E-state index is 5.85. The Morgan fingerprint density at radius 3 is 2.45 bits per heavy atom. The predicted molar refractivity (Wildman–Crippen MR) is 86.0 cm³/mol. The Balaban J connectivity index is 2.11. The van der Waals surface area contributed by atoms with Crippen molar-refractivity contribution in [1.82, 2.24) is 4.98 Å². The average molecular weight is 275 g/mol. The van der Waals surface area contributed by atoms with Crippen molar-refractivity contribution in [3.05, 3.63) is 23.9 Å². The number of hydrogen-bond donors (Lipinski definition) is 1. The van der Waals surface area contributed by atoms with Gasteiger partial charge in [-0.05, 0) is 43.7 Å². The first-order valence-corrected chi connectivity index (χ1v) is 8.03. The van der Waals surface area contributed by atoms with Gasteiger partial charge in [0.25, 0.3) is 0 Å². The molecule has 0 aliphatic heterocycles. The highest BCUT2D eigenvalue weighted by Gasteiger charge is 2.24. The highest BCUT2D eigenvalue weighted by atomic mass is 15.2. The van der Waals surface area contributed by atoms with Crippen LogP contribution in [0.4, 0.5) is 5.82 Å². The lowest BCUT2D eigenvalue weighted by Gasteiger charge is -2.31. The van der Waals surface area contributed by atoms with Crippen molar-refractivity contribution in [2.24, 2.45) is 11.7 Å². The topological polar surface area (TPSA) is 42.1 Å². The van der Waals surface area contributed by atoms with Gasteiger partial charge in [0, 0.05) is 24.8 Å². The van der Waals surface area contributed by atoms with Crippen LogP contribution in [0.25, 0.3) is 0 Å². The number of hydrogen-bond acceptors (Lipinski definition) is 3. The van der Waals surface area contributed by atoms with E-state index in [-0.39, 0.29) is 6.04 Å². The number of nitrogens with zero attached hydrogens (tertiary/aromatic N) is 2. The highest BCUT2D eigenvalue weighted by molar-refractivity contribution is 5.41. The second-order valence-electron chi connectivity index (χ2n) is 6.69. The van der Waals surface area contributed by atoms with Crippen molar-refractivity contribution < 1.29 is 0 Å².